The SMILES string of the molecule is Cc1ccc2[nH]c(O)c(N=NC(=O)Cn3cnc4ccc(C)cc4c3=O)c2c1. The van der Waals surface area contributed by atoms with Gasteiger partial charge in [-0.1, -0.05) is 23.3 Å². The van der Waals surface area contributed by atoms with Gasteiger partial charge in [0, 0.05) is 5.39 Å². The molecule has 0 saturated heterocycles. The number of rotatable bonds is 3. The Balaban J connectivity index is 1.63. The molecule has 1 amide bonds. The summed E-state index contributed by atoms with van der Waals surface area (Å²) < 4.78 is 1.20. The number of benzene rings is 2. The normalized spacial score (nSPS) is 11.6. The highest BCUT2D eigenvalue weighted by molar-refractivity contribution is 5.94. The second kappa shape index (κ2) is 6.73. The molecular weight excluding hydrogens is 358 g/mol. The number of aromatic hydroxyl groups is 1. The van der Waals surface area contributed by atoms with E-state index >= 15 is 0 Å². The number of amides is 1. The van der Waals surface area contributed by atoms with E-state index in [-0.39, 0.29) is 23.7 Å². The van der Waals surface area contributed by atoms with E-state index in [0.29, 0.717) is 21.8 Å². The lowest BCUT2D eigenvalue weighted by Gasteiger charge is -2.04. The van der Waals surface area contributed by atoms with Gasteiger partial charge in [0.25, 0.3) is 11.5 Å². The van der Waals surface area contributed by atoms with Gasteiger partial charge in [-0.15, -0.1) is 10.2 Å². The van der Waals surface area contributed by atoms with Crippen LogP contribution in [0, 0.1) is 13.8 Å². The molecule has 0 fully saturated rings. The Hall–Kier alpha value is -3.81. The van der Waals surface area contributed by atoms with Gasteiger partial charge < -0.3 is 10.1 Å². The van der Waals surface area contributed by atoms with Crippen LogP contribution in [0.5, 0.6) is 5.88 Å². The maximum atomic E-state index is 12.6. The van der Waals surface area contributed by atoms with Crippen molar-refractivity contribution < 1.29 is 9.90 Å². The molecule has 2 heterocycles. The molecule has 4 rings (SSSR count). The first-order valence-electron chi connectivity index (χ1n) is 8.64. The lowest BCUT2D eigenvalue weighted by Crippen LogP contribution is -2.23. The first-order chi connectivity index (χ1) is 13.4. The molecule has 140 valence electrons. The summed E-state index contributed by atoms with van der Waals surface area (Å²) in [6.07, 6.45) is 1.32. The fourth-order valence-corrected chi connectivity index (χ4v) is 3.05. The number of nitrogens with one attached hydrogen (secondary N) is 1. The number of azo groups is 1. The van der Waals surface area contributed by atoms with Gasteiger partial charge in [0.2, 0.25) is 5.88 Å². The molecule has 0 unspecified atom stereocenters. The van der Waals surface area contributed by atoms with Crippen LogP contribution in [0.25, 0.3) is 21.8 Å². The van der Waals surface area contributed by atoms with Crippen molar-refractivity contribution in [3.05, 3.63) is 64.2 Å². The summed E-state index contributed by atoms with van der Waals surface area (Å²) >= 11 is 0. The second-order valence-corrected chi connectivity index (χ2v) is 6.66. The van der Waals surface area contributed by atoms with Crippen LogP contribution in [0.2, 0.25) is 0 Å². The number of H-pyrrole nitrogens is 1. The minimum atomic E-state index is -0.627. The number of fused-ring (bicyclic) bond motifs is 2. The quantitative estimate of drug-likeness (QED) is 0.533. The van der Waals surface area contributed by atoms with Crippen LogP contribution in [0.4, 0.5) is 5.69 Å². The Bertz CT molecular complexity index is 1320. The van der Waals surface area contributed by atoms with Crippen LogP contribution in [0.15, 0.2) is 57.7 Å². The van der Waals surface area contributed by atoms with Gasteiger partial charge in [0.05, 0.1) is 22.7 Å². The Kier molecular flexibility index (Phi) is 4.23. The molecule has 28 heavy (non-hydrogen) atoms. The van der Waals surface area contributed by atoms with Crippen LogP contribution in [0.1, 0.15) is 11.1 Å². The minimum Gasteiger partial charge on any atom is -0.493 e. The molecule has 8 heteroatoms. The third-order valence-electron chi connectivity index (χ3n) is 4.45. The van der Waals surface area contributed by atoms with Crippen molar-refractivity contribution in [1.29, 1.82) is 0 Å². The molecule has 0 aliphatic carbocycles. The van der Waals surface area contributed by atoms with Crippen molar-refractivity contribution in [2.45, 2.75) is 20.4 Å². The average molecular weight is 375 g/mol. The van der Waals surface area contributed by atoms with Crippen LogP contribution in [-0.2, 0) is 11.3 Å². The summed E-state index contributed by atoms with van der Waals surface area (Å²) in [4.78, 5) is 31.8. The second-order valence-electron chi connectivity index (χ2n) is 6.66. The smallest absolute Gasteiger partial charge is 0.284 e. The van der Waals surface area contributed by atoms with Crippen molar-refractivity contribution in [1.82, 2.24) is 14.5 Å². The number of carbonyl (C=O) groups is 1. The lowest BCUT2D eigenvalue weighted by atomic mass is 10.2. The first-order valence-corrected chi connectivity index (χ1v) is 8.64. The molecule has 2 aromatic heterocycles. The van der Waals surface area contributed by atoms with Gasteiger partial charge in [-0.25, -0.2) is 4.98 Å². The Morgan fingerprint density at radius 2 is 1.86 bits per heavy atom. The van der Waals surface area contributed by atoms with E-state index in [1.54, 1.807) is 12.1 Å². The molecule has 2 aromatic carbocycles. The van der Waals surface area contributed by atoms with Crippen LogP contribution >= 0.6 is 0 Å². The number of nitrogens with zero attached hydrogens (tertiary/aromatic N) is 4. The molecule has 2 N–H and O–H groups in total. The highest BCUT2D eigenvalue weighted by Crippen LogP contribution is 2.35. The van der Waals surface area contributed by atoms with E-state index in [1.807, 2.05) is 38.1 Å². The van der Waals surface area contributed by atoms with Crippen molar-refractivity contribution in [3.63, 3.8) is 0 Å². The number of aromatic nitrogens is 3. The van der Waals surface area contributed by atoms with Gasteiger partial charge in [0.15, 0.2) is 5.69 Å². The van der Waals surface area contributed by atoms with E-state index in [0.717, 1.165) is 11.1 Å². The molecule has 0 spiro atoms. The number of hydrogen-bond acceptors (Lipinski definition) is 5. The molecule has 0 atom stereocenters. The van der Waals surface area contributed by atoms with Crippen LogP contribution < -0.4 is 5.56 Å². The molecule has 0 radical (unpaired) electrons. The number of carbonyl (C=O) groups excluding carboxylic acids is 1. The van der Waals surface area contributed by atoms with Crippen LogP contribution in [-0.4, -0.2) is 25.5 Å². The predicted molar refractivity (Wildman–Crippen MR) is 105 cm³/mol. The third kappa shape index (κ3) is 3.16. The van der Waals surface area contributed by atoms with E-state index in [1.165, 1.54) is 10.9 Å². The molecule has 4 aromatic rings. The standard InChI is InChI=1S/C20H17N5O3/c1-11-4-6-16-13(7-11)18(19(27)22-16)24-23-17(26)9-25-10-21-15-5-3-12(2)8-14(15)20(25)28/h3-8,10,22,27H,9H2,1-2H3. The van der Waals surface area contributed by atoms with E-state index in [9.17, 15) is 14.7 Å². The number of aryl methyl sites for hydroxylation is 2. The lowest BCUT2D eigenvalue weighted by molar-refractivity contribution is -0.118. The molecule has 0 saturated carbocycles. The number of hydrogen-bond donors (Lipinski definition) is 2. The minimum absolute atomic E-state index is 0.169. The van der Waals surface area contributed by atoms with E-state index in [2.05, 4.69) is 20.2 Å². The highest BCUT2D eigenvalue weighted by Gasteiger charge is 2.12. The summed E-state index contributed by atoms with van der Waals surface area (Å²) in [6, 6.07) is 10.9. The van der Waals surface area contributed by atoms with Gasteiger partial charge in [-0.3, -0.25) is 14.2 Å². The average Bonchev–Trinajstić information content (AvgIpc) is 2.97. The third-order valence-corrected chi connectivity index (χ3v) is 4.45. The zero-order valence-electron chi connectivity index (χ0n) is 15.3. The topological polar surface area (TPSA) is 113 Å². The summed E-state index contributed by atoms with van der Waals surface area (Å²) in [6.45, 7) is 3.50. The zero-order valence-corrected chi connectivity index (χ0v) is 15.3. The molecule has 0 bridgehead atoms. The molecule has 0 aliphatic heterocycles. The molecule has 0 aliphatic rings. The maximum Gasteiger partial charge on any atom is 0.284 e. The fraction of sp³-hybridized carbons (Fsp3) is 0.150. The Morgan fingerprint density at radius 3 is 2.64 bits per heavy atom. The van der Waals surface area contributed by atoms with Gasteiger partial charge in [0.1, 0.15) is 6.54 Å². The van der Waals surface area contributed by atoms with Crippen molar-refractivity contribution in [2.24, 2.45) is 10.2 Å². The highest BCUT2D eigenvalue weighted by atomic mass is 16.3. The molecular formula is C20H17N5O3. The first kappa shape index (κ1) is 17.6. The van der Waals surface area contributed by atoms with Crippen LogP contribution in [0.3, 0.4) is 0 Å². The van der Waals surface area contributed by atoms with E-state index < -0.39 is 5.91 Å². The summed E-state index contributed by atoms with van der Waals surface area (Å²) in [5, 5.41) is 18.7. The summed E-state index contributed by atoms with van der Waals surface area (Å²) in [5.74, 6) is -0.797. The maximum absolute atomic E-state index is 12.6. The largest absolute Gasteiger partial charge is 0.493 e. The van der Waals surface area contributed by atoms with Crippen molar-refractivity contribution in [2.75, 3.05) is 0 Å². The molecule has 8 nitrogen and oxygen atoms in total. The Labute approximate surface area is 159 Å². The zero-order chi connectivity index (χ0) is 19.8. The number of aromatic amines is 1. The fourth-order valence-electron chi connectivity index (χ4n) is 3.05. The summed E-state index contributed by atoms with van der Waals surface area (Å²) in [7, 11) is 0. The van der Waals surface area contributed by atoms with E-state index in [4.69, 9.17) is 0 Å². The van der Waals surface area contributed by atoms with Crippen molar-refractivity contribution >= 4 is 33.4 Å². The van der Waals surface area contributed by atoms with Crippen molar-refractivity contribution in [3.8, 4) is 5.88 Å². The summed E-state index contributed by atoms with van der Waals surface area (Å²) in [5.41, 5.74) is 3.04. The van der Waals surface area contributed by atoms with Gasteiger partial charge in [-0.05, 0) is 38.1 Å². The Morgan fingerprint density at radius 1 is 1.14 bits per heavy atom. The van der Waals surface area contributed by atoms with Gasteiger partial charge in [-0.2, -0.15) is 0 Å². The monoisotopic (exact) mass is 375 g/mol. The predicted octanol–water partition coefficient (Wildman–Crippen LogP) is 3.51. The van der Waals surface area contributed by atoms with Gasteiger partial charge >= 0.3 is 0 Å².